The molecule has 1 aliphatic rings. The van der Waals surface area contributed by atoms with Crippen molar-refractivity contribution in [3.05, 3.63) is 0 Å². The lowest BCUT2D eigenvalue weighted by Gasteiger charge is -2.18. The zero-order valence-corrected chi connectivity index (χ0v) is 10.1. The molecule has 0 aromatic rings. The van der Waals surface area contributed by atoms with E-state index in [9.17, 15) is 4.79 Å². The minimum absolute atomic E-state index is 0.508. The van der Waals surface area contributed by atoms with Gasteiger partial charge in [0.1, 0.15) is 5.54 Å². The summed E-state index contributed by atoms with van der Waals surface area (Å²) in [7, 11) is 0. The van der Waals surface area contributed by atoms with Crippen LogP contribution in [0.1, 0.15) is 45.4 Å². The number of carboxylic acid groups (broad SMARTS) is 1. The van der Waals surface area contributed by atoms with E-state index in [1.165, 1.54) is 19.3 Å². The fourth-order valence-corrected chi connectivity index (χ4v) is 1.56. The van der Waals surface area contributed by atoms with Crippen LogP contribution >= 0.6 is 0 Å². The third-order valence-electron chi connectivity index (χ3n) is 3.09. The van der Waals surface area contributed by atoms with Gasteiger partial charge < -0.3 is 15.6 Å². The highest BCUT2D eigenvalue weighted by atomic mass is 16.5. The lowest BCUT2D eigenvalue weighted by atomic mass is 9.97. The van der Waals surface area contributed by atoms with Crippen LogP contribution < -0.4 is 5.73 Å². The van der Waals surface area contributed by atoms with Crippen LogP contribution in [-0.4, -0.2) is 29.8 Å². The molecule has 0 aromatic carbocycles. The highest BCUT2D eigenvalue weighted by Gasteiger charge is 2.26. The van der Waals surface area contributed by atoms with Gasteiger partial charge in [0.05, 0.1) is 0 Å². The fourth-order valence-electron chi connectivity index (χ4n) is 1.56. The Morgan fingerprint density at radius 3 is 2.69 bits per heavy atom. The molecule has 1 aliphatic carbocycles. The molecular weight excluding hydrogens is 206 g/mol. The monoisotopic (exact) mass is 229 g/mol. The molecule has 0 aliphatic heterocycles. The van der Waals surface area contributed by atoms with Crippen LogP contribution in [0.25, 0.3) is 0 Å². The van der Waals surface area contributed by atoms with Gasteiger partial charge >= 0.3 is 5.97 Å². The number of carbonyl (C=O) groups is 1. The number of aliphatic carboxylic acids is 1. The molecule has 0 heterocycles. The molecule has 0 amide bonds. The van der Waals surface area contributed by atoms with Crippen LogP contribution in [0.2, 0.25) is 0 Å². The van der Waals surface area contributed by atoms with Crippen molar-refractivity contribution in [1.29, 1.82) is 0 Å². The zero-order valence-electron chi connectivity index (χ0n) is 10.1. The second-order valence-electron chi connectivity index (χ2n) is 5.02. The molecule has 4 heteroatoms. The van der Waals surface area contributed by atoms with Gasteiger partial charge in [0, 0.05) is 13.2 Å². The SMILES string of the molecule is CC(N)(CCCCOCCC1CC1)C(=O)O. The first kappa shape index (κ1) is 13.5. The quantitative estimate of drug-likeness (QED) is 0.591. The van der Waals surface area contributed by atoms with E-state index in [1.54, 1.807) is 6.92 Å². The minimum Gasteiger partial charge on any atom is -0.480 e. The summed E-state index contributed by atoms with van der Waals surface area (Å²) in [6.07, 6.45) is 6.13. The van der Waals surface area contributed by atoms with Gasteiger partial charge in [-0.25, -0.2) is 0 Å². The van der Waals surface area contributed by atoms with Crippen LogP contribution in [0.15, 0.2) is 0 Å². The summed E-state index contributed by atoms with van der Waals surface area (Å²) in [6, 6.07) is 0. The molecule has 1 unspecified atom stereocenters. The molecule has 0 radical (unpaired) electrons. The Bertz CT molecular complexity index is 224. The topological polar surface area (TPSA) is 72.5 Å². The van der Waals surface area contributed by atoms with Crippen LogP contribution in [-0.2, 0) is 9.53 Å². The van der Waals surface area contributed by atoms with E-state index < -0.39 is 11.5 Å². The molecule has 0 saturated heterocycles. The molecule has 1 rings (SSSR count). The summed E-state index contributed by atoms with van der Waals surface area (Å²) >= 11 is 0. The predicted octanol–water partition coefficient (Wildman–Crippen LogP) is 1.78. The molecule has 0 spiro atoms. The first-order chi connectivity index (χ1) is 7.52. The zero-order chi connectivity index (χ0) is 12.0. The minimum atomic E-state index is -1.09. The van der Waals surface area contributed by atoms with Gasteiger partial charge in [0.2, 0.25) is 0 Å². The predicted molar refractivity (Wildman–Crippen MR) is 62.2 cm³/mol. The van der Waals surface area contributed by atoms with E-state index in [0.29, 0.717) is 6.42 Å². The van der Waals surface area contributed by atoms with Crippen LogP contribution in [0.5, 0.6) is 0 Å². The maximum absolute atomic E-state index is 10.7. The Kier molecular flexibility index (Phi) is 5.22. The highest BCUT2D eigenvalue weighted by molar-refractivity contribution is 5.77. The van der Waals surface area contributed by atoms with Gasteiger partial charge in [0.25, 0.3) is 0 Å². The molecule has 3 N–H and O–H groups in total. The number of carboxylic acids is 1. The van der Waals surface area contributed by atoms with E-state index in [4.69, 9.17) is 15.6 Å². The van der Waals surface area contributed by atoms with Gasteiger partial charge in [-0.1, -0.05) is 12.8 Å². The van der Waals surface area contributed by atoms with Gasteiger partial charge in [-0.3, -0.25) is 4.79 Å². The third-order valence-corrected chi connectivity index (χ3v) is 3.09. The molecule has 0 bridgehead atoms. The number of hydrogen-bond acceptors (Lipinski definition) is 3. The Balaban J connectivity index is 1.88. The van der Waals surface area contributed by atoms with Crippen LogP contribution in [0.4, 0.5) is 0 Å². The summed E-state index contributed by atoms with van der Waals surface area (Å²) in [4.78, 5) is 10.7. The fraction of sp³-hybridized carbons (Fsp3) is 0.917. The van der Waals surface area contributed by atoms with Crippen LogP contribution in [0, 0.1) is 5.92 Å². The van der Waals surface area contributed by atoms with Crippen molar-refractivity contribution in [2.45, 2.75) is 51.0 Å². The van der Waals surface area contributed by atoms with Crippen molar-refractivity contribution in [1.82, 2.24) is 0 Å². The first-order valence-corrected chi connectivity index (χ1v) is 6.12. The maximum atomic E-state index is 10.7. The summed E-state index contributed by atoms with van der Waals surface area (Å²) in [5.41, 5.74) is 4.52. The summed E-state index contributed by atoms with van der Waals surface area (Å²) in [5.74, 6) is -0.0125. The summed E-state index contributed by atoms with van der Waals surface area (Å²) in [6.45, 7) is 3.13. The normalized spacial score (nSPS) is 19.4. The molecule has 4 nitrogen and oxygen atoms in total. The number of nitrogens with two attached hydrogens (primary N) is 1. The number of ether oxygens (including phenoxy) is 1. The Hall–Kier alpha value is -0.610. The lowest BCUT2D eigenvalue weighted by Crippen LogP contribution is -2.44. The standard InChI is InChI=1S/C12H23NO3/c1-12(13,11(14)15)7-2-3-8-16-9-6-10-4-5-10/h10H,2-9,13H2,1H3,(H,14,15). The van der Waals surface area contributed by atoms with Crippen molar-refractivity contribution in [2.24, 2.45) is 11.7 Å². The molecule has 0 aromatic heterocycles. The van der Waals surface area contributed by atoms with Crippen molar-refractivity contribution in [3.8, 4) is 0 Å². The number of unbranched alkanes of at least 4 members (excludes halogenated alkanes) is 1. The smallest absolute Gasteiger partial charge is 0.323 e. The largest absolute Gasteiger partial charge is 0.480 e. The summed E-state index contributed by atoms with van der Waals surface area (Å²) in [5, 5.41) is 8.79. The van der Waals surface area contributed by atoms with E-state index in [-0.39, 0.29) is 0 Å². The second kappa shape index (κ2) is 6.21. The number of rotatable bonds is 9. The molecule has 1 saturated carbocycles. The van der Waals surface area contributed by atoms with Gasteiger partial charge in [-0.15, -0.1) is 0 Å². The van der Waals surface area contributed by atoms with Gasteiger partial charge in [-0.05, 0) is 38.5 Å². The van der Waals surface area contributed by atoms with E-state index >= 15 is 0 Å². The molecule has 1 atom stereocenters. The van der Waals surface area contributed by atoms with Crippen molar-refractivity contribution in [2.75, 3.05) is 13.2 Å². The van der Waals surface area contributed by atoms with E-state index in [2.05, 4.69) is 0 Å². The number of hydrogen-bond donors (Lipinski definition) is 2. The average Bonchev–Trinajstić information content (AvgIpc) is 2.99. The lowest BCUT2D eigenvalue weighted by molar-refractivity contribution is -0.142. The molecular formula is C12H23NO3. The molecule has 16 heavy (non-hydrogen) atoms. The second-order valence-corrected chi connectivity index (χ2v) is 5.02. The van der Waals surface area contributed by atoms with Gasteiger partial charge in [-0.2, -0.15) is 0 Å². The van der Waals surface area contributed by atoms with Crippen molar-refractivity contribution >= 4 is 5.97 Å². The highest BCUT2D eigenvalue weighted by Crippen LogP contribution is 2.32. The first-order valence-electron chi connectivity index (χ1n) is 6.12. The Morgan fingerprint density at radius 2 is 2.12 bits per heavy atom. The molecule has 1 fully saturated rings. The Labute approximate surface area is 97.2 Å². The maximum Gasteiger partial charge on any atom is 0.323 e. The van der Waals surface area contributed by atoms with Crippen molar-refractivity contribution in [3.63, 3.8) is 0 Å². The van der Waals surface area contributed by atoms with Gasteiger partial charge in [0.15, 0.2) is 0 Å². The van der Waals surface area contributed by atoms with Crippen LogP contribution in [0.3, 0.4) is 0 Å². The van der Waals surface area contributed by atoms with Crippen molar-refractivity contribution < 1.29 is 14.6 Å². The summed E-state index contributed by atoms with van der Waals surface area (Å²) < 4.78 is 5.47. The average molecular weight is 229 g/mol. The third kappa shape index (κ3) is 5.47. The molecule has 94 valence electrons. The Morgan fingerprint density at radius 1 is 1.44 bits per heavy atom. The van der Waals surface area contributed by atoms with E-state index in [0.717, 1.165) is 32.0 Å². The van der Waals surface area contributed by atoms with E-state index in [1.807, 2.05) is 0 Å².